The Morgan fingerprint density at radius 3 is 0.484 bits per heavy atom. The van der Waals surface area contributed by atoms with Crippen LogP contribution in [-0.4, -0.2) is 66.9 Å². The summed E-state index contributed by atoms with van der Waals surface area (Å²) in [6.07, 6.45) is 0. The molecular weight excluding hydrogens is 517 g/mol. The molecule has 0 bridgehead atoms. The molecule has 0 aromatic heterocycles. The molecular formula is C22H64Si9. The average molecular weight is 582 g/mol. The van der Waals surface area contributed by atoms with E-state index in [-0.39, 0.29) is 0 Å². The minimum absolute atomic E-state index is 1.18. The summed E-state index contributed by atoms with van der Waals surface area (Å²) in [6.45, 7) is 54.1. The quantitative estimate of drug-likeness (QED) is 0.226. The highest BCUT2D eigenvalue weighted by Gasteiger charge is 2.66. The maximum atomic E-state index is 2.91. The van der Waals surface area contributed by atoms with Crippen molar-refractivity contribution >= 4 is 66.9 Å². The number of rotatable bonds is 10. The Hall–Kier alpha value is 1.95. The summed E-state index contributed by atoms with van der Waals surface area (Å²) in [5.74, 6) is 0. The van der Waals surface area contributed by atoms with Crippen LogP contribution in [0, 0.1) is 0 Å². The summed E-state index contributed by atoms with van der Waals surface area (Å²) in [5, 5.41) is 0. The van der Waals surface area contributed by atoms with Crippen molar-refractivity contribution in [3.8, 4) is 0 Å². The van der Waals surface area contributed by atoms with Gasteiger partial charge in [0.1, 0.15) is 0 Å². The van der Waals surface area contributed by atoms with Crippen LogP contribution >= 0.6 is 0 Å². The first-order valence-electron chi connectivity index (χ1n) is 12.9. The lowest BCUT2D eigenvalue weighted by atomic mass is 11.7. The van der Waals surface area contributed by atoms with E-state index in [9.17, 15) is 0 Å². The molecule has 188 valence electrons. The molecule has 0 radical (unpaired) electrons. The fraction of sp³-hybridized carbons (Fsp3) is 1.00. The van der Waals surface area contributed by atoms with E-state index in [0.717, 1.165) is 0 Å². The van der Waals surface area contributed by atoms with Crippen molar-refractivity contribution < 1.29 is 0 Å². The smallest absolute Gasteiger partial charge is 0.0409 e. The van der Waals surface area contributed by atoms with Gasteiger partial charge in [-0.05, 0) is 0 Å². The Balaban J connectivity index is 7.04. The van der Waals surface area contributed by atoms with Crippen molar-refractivity contribution in [1.82, 2.24) is 0 Å². The van der Waals surface area contributed by atoms with E-state index < -0.39 is 66.9 Å². The molecule has 9 heteroatoms. The van der Waals surface area contributed by atoms with Crippen LogP contribution in [0.3, 0.4) is 0 Å². The monoisotopic (exact) mass is 580 g/mol. The first kappa shape index (κ1) is 33.0. The molecule has 0 aliphatic heterocycles. The molecule has 0 aliphatic carbocycles. The second kappa shape index (κ2) is 9.11. The van der Waals surface area contributed by atoms with Crippen LogP contribution in [0.25, 0.3) is 0 Å². The molecule has 0 atom stereocenters. The van der Waals surface area contributed by atoms with Crippen molar-refractivity contribution in [3.05, 3.63) is 0 Å². The summed E-state index contributed by atoms with van der Waals surface area (Å²) < 4.78 is 0. The summed E-state index contributed by atoms with van der Waals surface area (Å²) >= 11 is 0. The van der Waals surface area contributed by atoms with E-state index in [0.29, 0.717) is 0 Å². The van der Waals surface area contributed by atoms with Crippen LogP contribution in [0.5, 0.6) is 0 Å². The molecule has 0 rings (SSSR count). The third-order valence-electron chi connectivity index (χ3n) is 9.17. The normalized spacial score (nSPS) is 16.6. The Morgan fingerprint density at radius 1 is 0.258 bits per heavy atom. The summed E-state index contributed by atoms with van der Waals surface area (Å²) in [7, 11) is -8.41. The SMILES string of the molecule is C[Si](C)(C[Si]([Si](C)(C)C)([Si](C)(C)C)[Si](C)(C)C)C[Si]([Si](C)(C)C)([Si](C)(C)C)[Si](C)(C)C. The van der Waals surface area contributed by atoms with E-state index in [1.807, 2.05) is 0 Å². The van der Waals surface area contributed by atoms with Crippen molar-refractivity contribution in [2.24, 2.45) is 0 Å². The molecule has 0 heterocycles. The van der Waals surface area contributed by atoms with Crippen molar-refractivity contribution in [1.29, 1.82) is 0 Å². The standard InChI is InChI=1S/C22H64Si9/c1-23(2,3)30(24(4,5)6,25(7,8)9)21-29(19,20)22-31(26(10,11)12,27(13,14)15)28(16,17)18/h21-22H2,1-20H3. The summed E-state index contributed by atoms with van der Waals surface area (Å²) in [4.78, 5) is 0. The van der Waals surface area contributed by atoms with Crippen LogP contribution in [-0.2, 0) is 0 Å². The lowest BCUT2D eigenvalue weighted by Crippen LogP contribution is -2.86. The van der Waals surface area contributed by atoms with Crippen LogP contribution in [0.1, 0.15) is 0 Å². The van der Waals surface area contributed by atoms with Gasteiger partial charge in [0.15, 0.2) is 0 Å². The van der Waals surface area contributed by atoms with E-state index in [2.05, 4.69) is 131 Å². The molecule has 0 aliphatic rings. The molecule has 0 nitrogen and oxygen atoms in total. The van der Waals surface area contributed by atoms with Crippen LogP contribution < -0.4 is 0 Å². The zero-order valence-electron chi connectivity index (χ0n) is 25.9. The van der Waals surface area contributed by atoms with Gasteiger partial charge in [-0.1, -0.05) is 142 Å². The lowest BCUT2D eigenvalue weighted by Gasteiger charge is -2.63. The van der Waals surface area contributed by atoms with Gasteiger partial charge in [-0.3, -0.25) is 0 Å². The van der Waals surface area contributed by atoms with Crippen LogP contribution in [0.2, 0.25) is 142 Å². The van der Waals surface area contributed by atoms with Crippen molar-refractivity contribution in [3.63, 3.8) is 0 Å². The Labute approximate surface area is 208 Å². The predicted molar refractivity (Wildman–Crippen MR) is 179 cm³/mol. The van der Waals surface area contributed by atoms with Gasteiger partial charge in [0, 0.05) is 66.9 Å². The first-order valence-corrected chi connectivity index (χ1v) is 47.7. The molecule has 0 saturated heterocycles. The van der Waals surface area contributed by atoms with Crippen molar-refractivity contribution in [2.45, 2.75) is 142 Å². The zero-order chi connectivity index (χ0) is 25.9. The van der Waals surface area contributed by atoms with E-state index in [1.165, 1.54) is 0 Å². The van der Waals surface area contributed by atoms with E-state index in [1.54, 1.807) is 11.3 Å². The van der Waals surface area contributed by atoms with Gasteiger partial charge in [-0.15, -0.1) is 0 Å². The van der Waals surface area contributed by atoms with Gasteiger partial charge >= 0.3 is 0 Å². The maximum Gasteiger partial charge on any atom is 0.0409 e. The Kier molecular flexibility index (Phi) is 9.69. The van der Waals surface area contributed by atoms with Crippen LogP contribution in [0.15, 0.2) is 0 Å². The maximum absolute atomic E-state index is 2.91. The van der Waals surface area contributed by atoms with Gasteiger partial charge in [0.2, 0.25) is 0 Å². The molecule has 0 amide bonds. The van der Waals surface area contributed by atoms with Gasteiger partial charge in [0.05, 0.1) is 0 Å². The second-order valence-electron chi connectivity index (χ2n) is 17.8. The minimum atomic E-state index is -1.30. The minimum Gasteiger partial charge on any atom is -0.0719 e. The lowest BCUT2D eigenvalue weighted by molar-refractivity contribution is 1.51. The van der Waals surface area contributed by atoms with Gasteiger partial charge in [-0.2, -0.15) is 0 Å². The highest BCUT2D eigenvalue weighted by Crippen LogP contribution is 2.47. The van der Waals surface area contributed by atoms with Gasteiger partial charge in [0.25, 0.3) is 0 Å². The largest absolute Gasteiger partial charge is 0.0719 e. The summed E-state index contributed by atoms with van der Waals surface area (Å²) in [6, 6.07) is 0. The number of hydrogen-bond donors (Lipinski definition) is 0. The summed E-state index contributed by atoms with van der Waals surface area (Å²) in [5.41, 5.74) is 3.60. The zero-order valence-corrected chi connectivity index (χ0v) is 34.9. The van der Waals surface area contributed by atoms with Crippen LogP contribution in [0.4, 0.5) is 0 Å². The first-order chi connectivity index (χ1) is 12.9. The fourth-order valence-corrected chi connectivity index (χ4v) is 266. The average Bonchev–Trinajstić information content (AvgIpc) is 2.33. The highest BCUT2D eigenvalue weighted by atomic mass is 29.9. The fourth-order valence-electron chi connectivity index (χ4n) is 9.84. The third-order valence-corrected chi connectivity index (χ3v) is 173. The molecule has 0 spiro atoms. The Morgan fingerprint density at radius 2 is 0.387 bits per heavy atom. The molecule has 0 unspecified atom stereocenters. The molecule has 31 heavy (non-hydrogen) atoms. The topological polar surface area (TPSA) is 0 Å². The molecule has 0 saturated carbocycles. The van der Waals surface area contributed by atoms with Gasteiger partial charge < -0.3 is 0 Å². The molecule has 0 fully saturated rings. The second-order valence-corrected chi connectivity index (χ2v) is 107. The Bertz CT molecular complexity index is 486. The van der Waals surface area contributed by atoms with E-state index in [4.69, 9.17) is 0 Å². The molecule has 0 aromatic rings. The highest BCUT2D eigenvalue weighted by molar-refractivity contribution is 7.92. The van der Waals surface area contributed by atoms with Gasteiger partial charge in [-0.25, -0.2) is 0 Å². The van der Waals surface area contributed by atoms with E-state index >= 15 is 0 Å². The van der Waals surface area contributed by atoms with Crippen molar-refractivity contribution in [2.75, 3.05) is 0 Å². The molecule has 0 N–H and O–H groups in total. The predicted octanol–water partition coefficient (Wildman–Crippen LogP) is 9.17. The third kappa shape index (κ3) is 6.21. The number of hydrogen-bond acceptors (Lipinski definition) is 0. The molecule has 0 aromatic carbocycles.